The van der Waals surface area contributed by atoms with Crippen molar-refractivity contribution in [3.8, 4) is 0 Å². The van der Waals surface area contributed by atoms with Crippen molar-refractivity contribution in [2.75, 3.05) is 25.6 Å². The van der Waals surface area contributed by atoms with Crippen molar-refractivity contribution in [1.82, 2.24) is 4.90 Å². The zero-order valence-electron chi connectivity index (χ0n) is 17.0. The van der Waals surface area contributed by atoms with E-state index in [2.05, 4.69) is 5.32 Å². The minimum absolute atomic E-state index is 0.0685. The highest BCUT2D eigenvalue weighted by atomic mass is 32.1. The number of carbonyl (C=O) groups excluding carboxylic acids is 2. The molecule has 0 bridgehead atoms. The van der Waals surface area contributed by atoms with E-state index in [1.165, 1.54) is 0 Å². The van der Waals surface area contributed by atoms with Crippen molar-refractivity contribution < 1.29 is 14.3 Å². The third kappa shape index (κ3) is 3.76. The van der Waals surface area contributed by atoms with E-state index in [1.54, 1.807) is 29.4 Å². The Morgan fingerprint density at radius 1 is 1.10 bits per heavy atom. The molecule has 2 aromatic carbocycles. The molecular formula is C24H24N2O3S. The summed E-state index contributed by atoms with van der Waals surface area (Å²) in [4.78, 5) is 29.8. The number of ether oxygens (including phenoxy) is 1. The zero-order chi connectivity index (χ0) is 21.1. The SMILES string of the molecule is COCCN1C(=O)c2ccccc2C(C(=O)Nc2ccccc2C)C1c1cccs1. The van der Waals surface area contributed by atoms with Crippen LogP contribution in [0.15, 0.2) is 66.0 Å². The molecule has 0 aliphatic carbocycles. The molecular weight excluding hydrogens is 396 g/mol. The number of methoxy groups -OCH3 is 1. The zero-order valence-corrected chi connectivity index (χ0v) is 17.8. The van der Waals surface area contributed by atoms with Crippen LogP contribution in [0.2, 0.25) is 0 Å². The van der Waals surface area contributed by atoms with Gasteiger partial charge in [-0.05, 0) is 41.6 Å². The quantitative estimate of drug-likeness (QED) is 0.633. The summed E-state index contributed by atoms with van der Waals surface area (Å²) in [6, 6.07) is 18.7. The standard InChI is InChI=1S/C24H24N2O3S/c1-16-8-3-6-11-19(16)25-23(27)21-17-9-4-5-10-18(17)24(28)26(13-14-29-2)22(21)20-12-7-15-30-20/h3-12,15,21-22H,13-14H2,1-2H3,(H,25,27). The molecule has 2 amide bonds. The van der Waals surface area contributed by atoms with Crippen molar-refractivity contribution in [1.29, 1.82) is 0 Å². The second-order valence-electron chi connectivity index (χ2n) is 7.32. The number of carbonyl (C=O) groups is 2. The van der Waals surface area contributed by atoms with E-state index in [0.717, 1.165) is 21.7 Å². The molecule has 2 atom stereocenters. The number of fused-ring (bicyclic) bond motifs is 1. The summed E-state index contributed by atoms with van der Waals surface area (Å²) in [7, 11) is 1.62. The molecule has 0 saturated heterocycles. The predicted octanol–water partition coefficient (Wildman–Crippen LogP) is 4.62. The summed E-state index contributed by atoms with van der Waals surface area (Å²) in [6.45, 7) is 2.79. The number of aryl methyl sites for hydroxylation is 1. The molecule has 3 aromatic rings. The monoisotopic (exact) mass is 420 g/mol. The lowest BCUT2D eigenvalue weighted by atomic mass is 9.81. The maximum absolute atomic E-state index is 13.6. The average molecular weight is 421 g/mol. The smallest absolute Gasteiger partial charge is 0.254 e. The number of hydrogen-bond donors (Lipinski definition) is 1. The minimum Gasteiger partial charge on any atom is -0.383 e. The van der Waals surface area contributed by atoms with Crippen LogP contribution in [0.3, 0.4) is 0 Å². The topological polar surface area (TPSA) is 58.6 Å². The lowest BCUT2D eigenvalue weighted by Gasteiger charge is -2.41. The molecule has 30 heavy (non-hydrogen) atoms. The number of para-hydroxylation sites is 1. The minimum atomic E-state index is -0.519. The van der Waals surface area contributed by atoms with Crippen LogP contribution in [0.1, 0.15) is 38.3 Å². The number of benzene rings is 2. The van der Waals surface area contributed by atoms with Crippen LogP contribution in [0.4, 0.5) is 5.69 Å². The van der Waals surface area contributed by atoms with E-state index in [1.807, 2.05) is 66.9 Å². The van der Waals surface area contributed by atoms with Crippen molar-refractivity contribution >= 4 is 28.8 Å². The molecule has 1 aromatic heterocycles. The molecule has 5 nitrogen and oxygen atoms in total. The molecule has 6 heteroatoms. The maximum Gasteiger partial charge on any atom is 0.254 e. The van der Waals surface area contributed by atoms with Crippen LogP contribution >= 0.6 is 11.3 Å². The Morgan fingerprint density at radius 3 is 2.60 bits per heavy atom. The fourth-order valence-corrected chi connectivity index (χ4v) is 4.88. The van der Waals surface area contributed by atoms with Gasteiger partial charge in [-0.15, -0.1) is 11.3 Å². The Balaban J connectivity index is 1.81. The first kappa shape index (κ1) is 20.3. The number of nitrogens with zero attached hydrogens (tertiary/aromatic N) is 1. The second kappa shape index (κ2) is 8.81. The largest absolute Gasteiger partial charge is 0.383 e. The van der Waals surface area contributed by atoms with Crippen LogP contribution < -0.4 is 5.32 Å². The molecule has 2 heterocycles. The Hall–Kier alpha value is -2.96. The molecule has 1 aliphatic heterocycles. The molecule has 0 spiro atoms. The van der Waals surface area contributed by atoms with E-state index in [0.29, 0.717) is 18.7 Å². The van der Waals surface area contributed by atoms with E-state index in [-0.39, 0.29) is 17.9 Å². The first-order chi connectivity index (χ1) is 14.6. The predicted molar refractivity (Wildman–Crippen MR) is 119 cm³/mol. The van der Waals surface area contributed by atoms with Crippen molar-refractivity contribution in [3.05, 3.63) is 87.6 Å². The number of thiophene rings is 1. The van der Waals surface area contributed by atoms with Gasteiger partial charge < -0.3 is 15.0 Å². The second-order valence-corrected chi connectivity index (χ2v) is 8.30. The number of nitrogens with one attached hydrogen (secondary N) is 1. The third-order valence-electron chi connectivity index (χ3n) is 5.50. The van der Waals surface area contributed by atoms with Crippen LogP contribution in [0.25, 0.3) is 0 Å². The fourth-order valence-electron chi connectivity index (χ4n) is 4.01. The van der Waals surface area contributed by atoms with Gasteiger partial charge >= 0.3 is 0 Å². The Labute approximate surface area is 180 Å². The van der Waals surface area contributed by atoms with Gasteiger partial charge in [0.05, 0.1) is 18.6 Å². The van der Waals surface area contributed by atoms with Crippen molar-refractivity contribution in [2.45, 2.75) is 18.9 Å². The Kier molecular flexibility index (Phi) is 5.97. The molecule has 1 aliphatic rings. The summed E-state index contributed by atoms with van der Waals surface area (Å²) < 4.78 is 5.26. The van der Waals surface area contributed by atoms with E-state index in [4.69, 9.17) is 4.74 Å². The number of rotatable bonds is 6. The van der Waals surface area contributed by atoms with Crippen molar-refractivity contribution in [3.63, 3.8) is 0 Å². The van der Waals surface area contributed by atoms with Gasteiger partial charge in [0.2, 0.25) is 5.91 Å². The lowest BCUT2D eigenvalue weighted by molar-refractivity contribution is -0.119. The molecule has 0 radical (unpaired) electrons. The lowest BCUT2D eigenvalue weighted by Crippen LogP contribution is -2.47. The van der Waals surface area contributed by atoms with Crippen molar-refractivity contribution in [2.24, 2.45) is 0 Å². The molecule has 0 saturated carbocycles. The van der Waals surface area contributed by atoms with Crippen LogP contribution in [0, 0.1) is 6.92 Å². The normalized spacial score (nSPS) is 18.2. The summed E-state index contributed by atoms with van der Waals surface area (Å²) in [5.41, 5.74) is 3.12. The van der Waals surface area contributed by atoms with Gasteiger partial charge in [0.15, 0.2) is 0 Å². The average Bonchev–Trinajstić information content (AvgIpc) is 3.29. The van der Waals surface area contributed by atoms with Crippen LogP contribution in [-0.2, 0) is 9.53 Å². The highest BCUT2D eigenvalue weighted by molar-refractivity contribution is 7.10. The molecule has 4 rings (SSSR count). The summed E-state index contributed by atoms with van der Waals surface area (Å²) in [5.74, 6) is -0.708. The van der Waals surface area contributed by atoms with Crippen LogP contribution in [0.5, 0.6) is 0 Å². The number of hydrogen-bond acceptors (Lipinski definition) is 4. The van der Waals surface area contributed by atoms with E-state index < -0.39 is 5.92 Å². The first-order valence-electron chi connectivity index (χ1n) is 9.90. The molecule has 154 valence electrons. The molecule has 0 fully saturated rings. The van der Waals surface area contributed by atoms with Gasteiger partial charge in [0.1, 0.15) is 0 Å². The van der Waals surface area contributed by atoms with Gasteiger partial charge in [-0.25, -0.2) is 0 Å². The third-order valence-corrected chi connectivity index (χ3v) is 6.44. The number of amides is 2. The van der Waals surface area contributed by atoms with Gasteiger partial charge in [0.25, 0.3) is 5.91 Å². The summed E-state index contributed by atoms with van der Waals surface area (Å²) >= 11 is 1.56. The fraction of sp³-hybridized carbons (Fsp3) is 0.250. The summed E-state index contributed by atoms with van der Waals surface area (Å²) in [6.07, 6.45) is 0. The number of anilines is 1. The van der Waals surface area contributed by atoms with Gasteiger partial charge in [-0.3, -0.25) is 9.59 Å². The maximum atomic E-state index is 13.6. The van der Waals surface area contributed by atoms with Gasteiger partial charge in [-0.1, -0.05) is 42.5 Å². The Bertz CT molecular complexity index is 1050. The highest BCUT2D eigenvalue weighted by Crippen LogP contribution is 2.44. The van der Waals surface area contributed by atoms with Crippen LogP contribution in [-0.4, -0.2) is 37.0 Å². The molecule has 2 unspecified atom stereocenters. The highest BCUT2D eigenvalue weighted by Gasteiger charge is 2.44. The van der Waals surface area contributed by atoms with E-state index >= 15 is 0 Å². The molecule has 1 N–H and O–H groups in total. The Morgan fingerprint density at radius 2 is 1.87 bits per heavy atom. The van der Waals surface area contributed by atoms with E-state index in [9.17, 15) is 9.59 Å². The summed E-state index contributed by atoms with van der Waals surface area (Å²) in [5, 5.41) is 5.08. The van der Waals surface area contributed by atoms with Gasteiger partial charge in [0, 0.05) is 29.8 Å². The van der Waals surface area contributed by atoms with Gasteiger partial charge in [-0.2, -0.15) is 0 Å². The first-order valence-corrected chi connectivity index (χ1v) is 10.8.